The van der Waals surface area contributed by atoms with Crippen LogP contribution in [0, 0.1) is 6.92 Å². The van der Waals surface area contributed by atoms with Gasteiger partial charge in [0.15, 0.2) is 11.5 Å². The molecular weight excluding hydrogens is 266 g/mol. The van der Waals surface area contributed by atoms with Gasteiger partial charge in [-0.25, -0.2) is 0 Å². The van der Waals surface area contributed by atoms with Crippen LogP contribution in [0.4, 0.5) is 5.82 Å². The lowest BCUT2D eigenvalue weighted by molar-refractivity contribution is -0.0767. The van der Waals surface area contributed by atoms with E-state index in [1.165, 1.54) is 25.7 Å². The Balaban J connectivity index is 1.52. The van der Waals surface area contributed by atoms with E-state index in [0.717, 1.165) is 36.7 Å². The zero-order valence-corrected chi connectivity index (χ0v) is 12.4. The Morgan fingerprint density at radius 2 is 2.14 bits per heavy atom. The Labute approximate surface area is 123 Å². The second-order valence-corrected chi connectivity index (χ2v) is 6.31. The van der Waals surface area contributed by atoms with Gasteiger partial charge in [-0.2, -0.15) is 4.52 Å². The fourth-order valence-electron chi connectivity index (χ4n) is 3.70. The Kier molecular flexibility index (Phi) is 3.06. The van der Waals surface area contributed by atoms with E-state index in [0.29, 0.717) is 6.04 Å². The second-order valence-electron chi connectivity index (χ2n) is 6.31. The van der Waals surface area contributed by atoms with Gasteiger partial charge in [0.1, 0.15) is 5.82 Å². The van der Waals surface area contributed by atoms with Crippen molar-refractivity contribution in [3.63, 3.8) is 0 Å². The fraction of sp³-hybridized carbons (Fsp3) is 0.667. The van der Waals surface area contributed by atoms with Gasteiger partial charge in [0.2, 0.25) is 0 Å². The van der Waals surface area contributed by atoms with Crippen LogP contribution in [0.3, 0.4) is 0 Å². The second kappa shape index (κ2) is 4.94. The molecule has 112 valence electrons. The molecule has 1 saturated carbocycles. The van der Waals surface area contributed by atoms with E-state index < -0.39 is 0 Å². The smallest absolute Gasteiger partial charge is 0.178 e. The maximum Gasteiger partial charge on any atom is 0.178 e. The van der Waals surface area contributed by atoms with Crippen molar-refractivity contribution in [2.45, 2.75) is 57.1 Å². The van der Waals surface area contributed by atoms with Crippen molar-refractivity contribution in [3.05, 3.63) is 18.0 Å². The molecule has 0 radical (unpaired) electrons. The first kappa shape index (κ1) is 13.0. The fourth-order valence-corrected chi connectivity index (χ4v) is 3.70. The van der Waals surface area contributed by atoms with Crippen LogP contribution in [0.5, 0.6) is 0 Å². The summed E-state index contributed by atoms with van der Waals surface area (Å²) in [7, 11) is 0. The number of rotatable bonds is 2. The minimum absolute atomic E-state index is 0.131. The highest BCUT2D eigenvalue weighted by Gasteiger charge is 2.39. The van der Waals surface area contributed by atoms with Gasteiger partial charge in [0.25, 0.3) is 0 Å². The number of anilines is 1. The van der Waals surface area contributed by atoms with Gasteiger partial charge in [0, 0.05) is 12.6 Å². The van der Waals surface area contributed by atoms with Gasteiger partial charge < -0.3 is 10.1 Å². The summed E-state index contributed by atoms with van der Waals surface area (Å²) in [5.74, 6) is 1.71. The first-order valence-corrected chi connectivity index (χ1v) is 7.84. The van der Waals surface area contributed by atoms with Crippen LogP contribution >= 0.6 is 0 Å². The van der Waals surface area contributed by atoms with Gasteiger partial charge in [-0.3, -0.25) is 0 Å². The third kappa shape index (κ3) is 2.37. The largest absolute Gasteiger partial charge is 0.375 e. The molecule has 6 nitrogen and oxygen atoms in total. The molecule has 1 aliphatic heterocycles. The Morgan fingerprint density at radius 3 is 3.00 bits per heavy atom. The highest BCUT2D eigenvalue weighted by atomic mass is 16.5. The van der Waals surface area contributed by atoms with Crippen molar-refractivity contribution in [1.29, 1.82) is 0 Å². The van der Waals surface area contributed by atoms with Crippen molar-refractivity contribution >= 4 is 11.5 Å². The lowest BCUT2D eigenvalue weighted by Gasteiger charge is -2.38. The summed E-state index contributed by atoms with van der Waals surface area (Å²) in [6.45, 7) is 2.77. The molecule has 0 amide bonds. The van der Waals surface area contributed by atoms with Crippen LogP contribution in [0.2, 0.25) is 0 Å². The molecule has 4 rings (SSSR count). The minimum atomic E-state index is 0.131. The zero-order chi connectivity index (χ0) is 14.3. The first-order chi connectivity index (χ1) is 10.2. The summed E-state index contributed by atoms with van der Waals surface area (Å²) < 4.78 is 7.87. The van der Waals surface area contributed by atoms with E-state index in [-0.39, 0.29) is 5.60 Å². The molecule has 21 heavy (non-hydrogen) atoms. The summed E-state index contributed by atoms with van der Waals surface area (Å²) in [4.78, 5) is 0. The topological polar surface area (TPSA) is 64.3 Å². The average molecular weight is 287 g/mol. The Bertz CT molecular complexity index is 647. The van der Waals surface area contributed by atoms with Gasteiger partial charge in [0.05, 0.1) is 5.60 Å². The van der Waals surface area contributed by atoms with Gasteiger partial charge >= 0.3 is 0 Å². The van der Waals surface area contributed by atoms with Crippen LogP contribution < -0.4 is 5.32 Å². The van der Waals surface area contributed by atoms with E-state index in [1.54, 1.807) is 4.52 Å². The monoisotopic (exact) mass is 287 g/mol. The molecule has 1 unspecified atom stereocenters. The van der Waals surface area contributed by atoms with Gasteiger partial charge in [-0.15, -0.1) is 15.3 Å². The number of fused-ring (bicyclic) bond motifs is 1. The number of nitrogens with one attached hydrogen (secondary N) is 1. The molecule has 1 atom stereocenters. The molecule has 2 aromatic heterocycles. The number of ether oxygens (including phenoxy) is 1. The van der Waals surface area contributed by atoms with E-state index in [9.17, 15) is 0 Å². The normalized spacial score (nSPS) is 24.7. The highest BCUT2D eigenvalue weighted by Crippen LogP contribution is 2.40. The SMILES string of the molecule is Cc1nnc2ccc(NC3CCOC4(CCCC4)C3)nn12. The number of aromatic nitrogens is 4. The highest BCUT2D eigenvalue weighted by molar-refractivity contribution is 5.44. The van der Waals surface area contributed by atoms with Crippen molar-refractivity contribution in [2.24, 2.45) is 0 Å². The molecule has 0 aromatic carbocycles. The molecular formula is C15H21N5O. The summed E-state index contributed by atoms with van der Waals surface area (Å²) >= 11 is 0. The van der Waals surface area contributed by atoms with E-state index in [2.05, 4.69) is 20.6 Å². The quantitative estimate of drug-likeness (QED) is 0.918. The number of aryl methyl sites for hydroxylation is 1. The van der Waals surface area contributed by atoms with Gasteiger partial charge in [-0.05, 0) is 44.7 Å². The van der Waals surface area contributed by atoms with Crippen LogP contribution in [0.25, 0.3) is 5.65 Å². The molecule has 1 saturated heterocycles. The first-order valence-electron chi connectivity index (χ1n) is 7.84. The summed E-state index contributed by atoms with van der Waals surface area (Å²) in [6.07, 6.45) is 7.16. The van der Waals surface area contributed by atoms with E-state index in [4.69, 9.17) is 4.74 Å². The Hall–Kier alpha value is -1.69. The van der Waals surface area contributed by atoms with Crippen molar-refractivity contribution < 1.29 is 4.74 Å². The lowest BCUT2D eigenvalue weighted by atomic mass is 9.89. The van der Waals surface area contributed by atoms with Gasteiger partial charge in [-0.1, -0.05) is 12.8 Å². The van der Waals surface area contributed by atoms with E-state index in [1.807, 2.05) is 19.1 Å². The van der Waals surface area contributed by atoms with Crippen LogP contribution in [0.1, 0.15) is 44.3 Å². The van der Waals surface area contributed by atoms with Crippen LogP contribution in [-0.2, 0) is 4.74 Å². The molecule has 2 fully saturated rings. The average Bonchev–Trinajstić information content (AvgIpc) is 3.07. The third-order valence-electron chi connectivity index (χ3n) is 4.78. The molecule has 1 aliphatic carbocycles. The summed E-state index contributed by atoms with van der Waals surface area (Å²) in [5, 5.41) is 16.3. The third-order valence-corrected chi connectivity index (χ3v) is 4.78. The van der Waals surface area contributed by atoms with Crippen LogP contribution in [-0.4, -0.2) is 38.1 Å². The minimum Gasteiger partial charge on any atom is -0.375 e. The zero-order valence-electron chi connectivity index (χ0n) is 12.4. The molecule has 6 heteroatoms. The summed E-state index contributed by atoms with van der Waals surface area (Å²) in [6, 6.07) is 4.39. The standard InChI is InChI=1S/C15H21N5O/c1-11-17-18-14-5-4-13(19-20(11)14)16-12-6-9-21-15(10-12)7-2-3-8-15/h4-5,12H,2-3,6-10H2,1H3,(H,16,19). The molecule has 0 bridgehead atoms. The van der Waals surface area contributed by atoms with E-state index >= 15 is 0 Å². The van der Waals surface area contributed by atoms with Crippen molar-refractivity contribution in [3.8, 4) is 0 Å². The molecule has 1 N–H and O–H groups in total. The maximum atomic E-state index is 6.09. The molecule has 1 spiro atoms. The predicted molar refractivity (Wildman–Crippen MR) is 79.3 cm³/mol. The number of hydrogen-bond donors (Lipinski definition) is 1. The van der Waals surface area contributed by atoms with Crippen LogP contribution in [0.15, 0.2) is 12.1 Å². The predicted octanol–water partition coefficient (Wildman–Crippen LogP) is 2.34. The van der Waals surface area contributed by atoms with Crippen molar-refractivity contribution in [1.82, 2.24) is 19.8 Å². The number of nitrogens with zero attached hydrogens (tertiary/aromatic N) is 4. The molecule has 2 aliphatic rings. The number of hydrogen-bond acceptors (Lipinski definition) is 5. The van der Waals surface area contributed by atoms with Crippen molar-refractivity contribution in [2.75, 3.05) is 11.9 Å². The maximum absolute atomic E-state index is 6.09. The Morgan fingerprint density at radius 1 is 1.29 bits per heavy atom. The lowest BCUT2D eigenvalue weighted by Crippen LogP contribution is -2.42. The molecule has 2 aromatic rings. The summed E-state index contributed by atoms with van der Waals surface area (Å²) in [5.41, 5.74) is 0.921. The molecule has 3 heterocycles.